The van der Waals surface area contributed by atoms with E-state index in [1.54, 1.807) is 6.08 Å². The Morgan fingerprint density at radius 3 is 1.17 bits per heavy atom. The zero-order valence-corrected chi connectivity index (χ0v) is 59.2. The number of carbonyl (C=O) groups is 1. The van der Waals surface area contributed by atoms with Gasteiger partial charge in [0.1, 0.15) is 48.8 Å². The summed E-state index contributed by atoms with van der Waals surface area (Å²) in [4.78, 5) is 13.4. The molecule has 0 spiro atoms. The Hall–Kier alpha value is -3.35. The molecule has 12 unspecified atom stereocenters. The molecule has 542 valence electrons. The van der Waals surface area contributed by atoms with Gasteiger partial charge in [-0.2, -0.15) is 0 Å². The number of aliphatic hydroxyl groups excluding tert-OH is 8. The van der Waals surface area contributed by atoms with Gasteiger partial charge in [-0.15, -0.1) is 0 Å². The molecule has 2 saturated heterocycles. The summed E-state index contributed by atoms with van der Waals surface area (Å²) in [5.74, 6) is -0.254. The Kier molecular flexibility index (Phi) is 58.2. The number of allylic oxidation sites excluding steroid dienone is 17. The van der Waals surface area contributed by atoms with Crippen LogP contribution in [-0.4, -0.2) is 140 Å². The highest BCUT2D eigenvalue weighted by Crippen LogP contribution is 2.30. The highest BCUT2D eigenvalue weighted by molar-refractivity contribution is 5.76. The highest BCUT2D eigenvalue weighted by Gasteiger charge is 2.51. The molecule has 14 heteroatoms. The Morgan fingerprint density at radius 2 is 0.745 bits per heavy atom. The molecule has 0 aliphatic carbocycles. The zero-order valence-electron chi connectivity index (χ0n) is 59.2. The summed E-state index contributed by atoms with van der Waals surface area (Å²) in [6.45, 7) is 2.69. The summed E-state index contributed by atoms with van der Waals surface area (Å²) in [6, 6.07) is -0.945. The van der Waals surface area contributed by atoms with Crippen LogP contribution in [0, 0.1) is 0 Å². The van der Waals surface area contributed by atoms with Gasteiger partial charge in [-0.1, -0.05) is 303 Å². The molecule has 0 aromatic carbocycles. The lowest BCUT2D eigenvalue weighted by atomic mass is 9.97. The summed E-state index contributed by atoms with van der Waals surface area (Å²) in [6.07, 6.45) is 74.4. The topological polar surface area (TPSA) is 228 Å². The van der Waals surface area contributed by atoms with Crippen LogP contribution < -0.4 is 5.32 Å². The smallest absolute Gasteiger partial charge is 0.220 e. The monoisotopic (exact) mass is 1320 g/mol. The lowest BCUT2D eigenvalue weighted by molar-refractivity contribution is -0.359. The minimum Gasteiger partial charge on any atom is -0.394 e. The molecule has 94 heavy (non-hydrogen) atoms. The maximum absolute atomic E-state index is 13.4. The molecule has 1 amide bonds. The maximum Gasteiger partial charge on any atom is 0.220 e. The first-order valence-corrected chi connectivity index (χ1v) is 38.1. The van der Waals surface area contributed by atoms with E-state index in [0.29, 0.717) is 12.8 Å². The second kappa shape index (κ2) is 63.1. The summed E-state index contributed by atoms with van der Waals surface area (Å²) < 4.78 is 22.9. The molecule has 9 N–H and O–H groups in total. The molecule has 0 radical (unpaired) electrons. The lowest BCUT2D eigenvalue weighted by Gasteiger charge is -2.46. The SMILES string of the molecule is CC/C=C\C/C=C\C/C=C\C/C=C\C/C=C\C/C=C\CCCCCCCCCCCCCCCCCCC(=O)NC(COC1OC(CO)C(OC2OC(CO)C(O)C(O)C2O)C(O)C1O)C(O)/C=C/CC/C=C/CC/C=C/CCCCCCCCCCCCCCCCC. The van der Waals surface area contributed by atoms with Gasteiger partial charge in [0, 0.05) is 6.42 Å². The van der Waals surface area contributed by atoms with Crippen LogP contribution in [0.5, 0.6) is 0 Å². The summed E-state index contributed by atoms with van der Waals surface area (Å²) in [5, 5.41) is 87.5. The van der Waals surface area contributed by atoms with Crippen molar-refractivity contribution in [1.29, 1.82) is 0 Å². The largest absolute Gasteiger partial charge is 0.394 e. The van der Waals surface area contributed by atoms with Gasteiger partial charge in [-0.25, -0.2) is 0 Å². The Bertz CT molecular complexity index is 2000. The van der Waals surface area contributed by atoms with Crippen LogP contribution in [0.15, 0.2) is 109 Å². The minimum atomic E-state index is -1.80. The quantitative estimate of drug-likeness (QED) is 0.0204. The molecule has 0 aromatic heterocycles. The third-order valence-corrected chi connectivity index (χ3v) is 17.9. The molecule has 2 aliphatic rings. The maximum atomic E-state index is 13.4. The van der Waals surface area contributed by atoms with Crippen LogP contribution in [0.4, 0.5) is 0 Å². The molecule has 0 saturated carbocycles. The van der Waals surface area contributed by atoms with Gasteiger partial charge in [0.15, 0.2) is 12.6 Å². The van der Waals surface area contributed by atoms with Crippen LogP contribution in [0.25, 0.3) is 0 Å². The number of hydrogen-bond donors (Lipinski definition) is 9. The first-order chi connectivity index (χ1) is 46.1. The number of amides is 1. The third kappa shape index (κ3) is 46.0. The van der Waals surface area contributed by atoms with E-state index < -0.39 is 86.8 Å². The van der Waals surface area contributed by atoms with E-state index in [1.807, 2.05) is 6.08 Å². The molecule has 0 bridgehead atoms. The van der Waals surface area contributed by atoms with Crippen LogP contribution in [0.1, 0.15) is 296 Å². The van der Waals surface area contributed by atoms with Gasteiger partial charge in [-0.3, -0.25) is 4.79 Å². The van der Waals surface area contributed by atoms with E-state index in [9.17, 15) is 45.6 Å². The molecule has 2 rings (SSSR count). The molecule has 12 atom stereocenters. The van der Waals surface area contributed by atoms with Crippen LogP contribution in [0.3, 0.4) is 0 Å². The summed E-state index contributed by atoms with van der Waals surface area (Å²) >= 11 is 0. The number of nitrogens with one attached hydrogen (secondary N) is 1. The minimum absolute atomic E-state index is 0.254. The van der Waals surface area contributed by atoms with E-state index >= 15 is 0 Å². The van der Waals surface area contributed by atoms with Crippen LogP contribution in [-0.2, 0) is 23.7 Å². The molecule has 2 heterocycles. The van der Waals surface area contributed by atoms with Crippen LogP contribution >= 0.6 is 0 Å². The standard InChI is InChI=1S/C80H139NO13/c1-3-5-7-9-11-13-15-17-19-21-23-25-27-29-30-31-32-33-34-35-36-37-38-40-42-44-46-48-50-52-54-56-58-60-62-64-72(85)81-68(67-91-79-77(90)75(88)78(71(66-83)93-79)94-80-76(89)74(87)73(86)70(65-82)92-80)69(84)63-61-59-57-55-53-51-49-47-45-43-41-39-28-26-24-22-20-18-16-14-12-10-8-6-4-2/h5,7,11,13,17,19,23,25,29-30,32-33,45,47,53,55,61,63,68-71,73-80,82-84,86-90H,3-4,6,8-10,12,14-16,18,20-22,24,26-28,31,34-44,46,48-52,54,56-60,62,64-67H2,1-2H3,(H,81,85)/b7-5-,13-11-,19-17-,25-23-,30-29-,33-32-,47-45+,55-53+,63-61+. The van der Waals surface area contributed by atoms with Gasteiger partial charge in [0.2, 0.25) is 5.91 Å². The molecule has 2 fully saturated rings. The molecule has 2 aliphatic heterocycles. The Labute approximate surface area is 572 Å². The number of carbonyl (C=O) groups excluding carboxylic acids is 1. The summed E-state index contributed by atoms with van der Waals surface area (Å²) in [5.41, 5.74) is 0. The van der Waals surface area contributed by atoms with Crippen molar-refractivity contribution in [3.63, 3.8) is 0 Å². The average Bonchev–Trinajstić information content (AvgIpc) is 0.794. The first kappa shape index (κ1) is 86.7. The number of aliphatic hydroxyl groups is 8. The molecular formula is C80H139NO13. The van der Waals surface area contributed by atoms with Gasteiger partial charge in [0.05, 0.1) is 32.0 Å². The van der Waals surface area contributed by atoms with Gasteiger partial charge in [-0.05, 0) is 96.3 Å². The number of hydrogen-bond acceptors (Lipinski definition) is 13. The predicted molar refractivity (Wildman–Crippen MR) is 387 cm³/mol. The Balaban J connectivity index is 1.65. The number of ether oxygens (including phenoxy) is 4. The average molecular weight is 1320 g/mol. The van der Waals surface area contributed by atoms with E-state index in [0.717, 1.165) is 83.5 Å². The Morgan fingerprint density at radius 1 is 0.394 bits per heavy atom. The fourth-order valence-electron chi connectivity index (χ4n) is 11.9. The predicted octanol–water partition coefficient (Wildman–Crippen LogP) is 16.7. The summed E-state index contributed by atoms with van der Waals surface area (Å²) in [7, 11) is 0. The van der Waals surface area contributed by atoms with Crippen molar-refractivity contribution in [3.8, 4) is 0 Å². The third-order valence-electron chi connectivity index (χ3n) is 17.9. The van der Waals surface area contributed by atoms with Crippen molar-refractivity contribution in [3.05, 3.63) is 109 Å². The first-order valence-electron chi connectivity index (χ1n) is 38.1. The van der Waals surface area contributed by atoms with E-state index in [-0.39, 0.29) is 18.9 Å². The lowest BCUT2D eigenvalue weighted by Crippen LogP contribution is -2.65. The molecule has 0 aromatic rings. The van der Waals surface area contributed by atoms with Crippen molar-refractivity contribution >= 4 is 5.91 Å². The van der Waals surface area contributed by atoms with E-state index in [1.165, 1.54) is 180 Å². The second-order valence-corrected chi connectivity index (χ2v) is 26.4. The highest BCUT2D eigenvalue weighted by atomic mass is 16.7. The van der Waals surface area contributed by atoms with Gasteiger partial charge < -0.3 is 65.1 Å². The van der Waals surface area contributed by atoms with Crippen molar-refractivity contribution in [2.75, 3.05) is 19.8 Å². The van der Waals surface area contributed by atoms with Crippen molar-refractivity contribution < 1.29 is 64.6 Å². The van der Waals surface area contributed by atoms with Crippen molar-refractivity contribution in [2.45, 2.75) is 370 Å². The fraction of sp³-hybridized carbons (Fsp3) is 0.762. The second-order valence-electron chi connectivity index (χ2n) is 26.4. The molecular weight excluding hydrogens is 1180 g/mol. The van der Waals surface area contributed by atoms with E-state index in [2.05, 4.69) is 116 Å². The van der Waals surface area contributed by atoms with Crippen molar-refractivity contribution in [1.82, 2.24) is 5.32 Å². The number of unbranched alkanes of at least 4 members (excludes halogenated alkanes) is 33. The van der Waals surface area contributed by atoms with Gasteiger partial charge in [0.25, 0.3) is 0 Å². The number of rotatable bonds is 62. The van der Waals surface area contributed by atoms with Crippen LogP contribution in [0.2, 0.25) is 0 Å². The van der Waals surface area contributed by atoms with E-state index in [4.69, 9.17) is 18.9 Å². The normalized spacial score (nSPS) is 23.1. The van der Waals surface area contributed by atoms with Gasteiger partial charge >= 0.3 is 0 Å². The van der Waals surface area contributed by atoms with Crippen molar-refractivity contribution in [2.24, 2.45) is 0 Å². The fourth-order valence-corrected chi connectivity index (χ4v) is 11.9. The zero-order chi connectivity index (χ0) is 68.0. The molecule has 14 nitrogen and oxygen atoms in total.